The van der Waals surface area contributed by atoms with Gasteiger partial charge in [-0.15, -0.1) is 0 Å². The first-order valence-corrected chi connectivity index (χ1v) is 7.36. The van der Waals surface area contributed by atoms with Gasteiger partial charge < -0.3 is 14.6 Å². The average molecular weight is 301 g/mol. The number of amides is 1. The zero-order valence-corrected chi connectivity index (χ0v) is 13.6. The standard InChI is InChI=1S/C17H23N3O2/c1-17(2,3)13-7-5-6-8-15(13)22-10-9-20(4)16(21)14-11-18-12-19-14/h5-8,11-12H,9-10H2,1-4H3,(H,18,19). The van der Waals surface area contributed by atoms with E-state index < -0.39 is 0 Å². The van der Waals surface area contributed by atoms with Crippen LogP contribution in [0.25, 0.3) is 0 Å². The zero-order valence-electron chi connectivity index (χ0n) is 13.6. The first kappa shape index (κ1) is 16.1. The number of aromatic amines is 1. The fourth-order valence-electron chi connectivity index (χ4n) is 2.18. The normalized spacial score (nSPS) is 11.3. The molecule has 0 aliphatic rings. The lowest BCUT2D eigenvalue weighted by atomic mass is 9.86. The van der Waals surface area contributed by atoms with Crippen LogP contribution in [-0.4, -0.2) is 41.0 Å². The Morgan fingerprint density at radius 2 is 2.05 bits per heavy atom. The third-order valence-electron chi connectivity index (χ3n) is 3.45. The van der Waals surface area contributed by atoms with Gasteiger partial charge >= 0.3 is 0 Å². The molecule has 5 heteroatoms. The van der Waals surface area contributed by atoms with Crippen LogP contribution in [0, 0.1) is 0 Å². The molecule has 0 atom stereocenters. The van der Waals surface area contributed by atoms with Crippen LogP contribution in [0.1, 0.15) is 36.8 Å². The molecule has 0 aliphatic heterocycles. The molecule has 0 bridgehead atoms. The molecule has 1 aromatic heterocycles. The predicted octanol–water partition coefficient (Wildman–Crippen LogP) is 2.86. The monoisotopic (exact) mass is 301 g/mol. The van der Waals surface area contributed by atoms with E-state index in [2.05, 4.69) is 36.8 Å². The lowest BCUT2D eigenvalue weighted by Gasteiger charge is -2.23. The second-order valence-corrected chi connectivity index (χ2v) is 6.29. The molecular formula is C17H23N3O2. The summed E-state index contributed by atoms with van der Waals surface area (Å²) in [5.41, 5.74) is 1.67. The third kappa shape index (κ3) is 3.87. The van der Waals surface area contributed by atoms with Gasteiger partial charge in [-0.1, -0.05) is 39.0 Å². The van der Waals surface area contributed by atoms with Crippen LogP contribution in [0.4, 0.5) is 0 Å². The number of nitrogens with zero attached hydrogens (tertiary/aromatic N) is 2. The van der Waals surface area contributed by atoms with Crippen LogP contribution in [0.15, 0.2) is 36.8 Å². The van der Waals surface area contributed by atoms with Crippen LogP contribution >= 0.6 is 0 Å². The molecule has 118 valence electrons. The van der Waals surface area contributed by atoms with E-state index in [9.17, 15) is 4.79 Å². The van der Waals surface area contributed by atoms with E-state index in [1.165, 1.54) is 12.5 Å². The molecule has 22 heavy (non-hydrogen) atoms. The molecule has 0 saturated heterocycles. The number of nitrogens with one attached hydrogen (secondary N) is 1. The van der Waals surface area contributed by atoms with Crippen LogP contribution in [-0.2, 0) is 5.41 Å². The number of imidazole rings is 1. The van der Waals surface area contributed by atoms with E-state index in [0.717, 1.165) is 11.3 Å². The number of likely N-dealkylation sites (N-methyl/N-ethyl adjacent to an activating group) is 1. The highest BCUT2D eigenvalue weighted by molar-refractivity contribution is 5.91. The van der Waals surface area contributed by atoms with Gasteiger partial charge in [-0.2, -0.15) is 0 Å². The molecule has 0 unspecified atom stereocenters. The van der Waals surface area contributed by atoms with Gasteiger partial charge in [0.1, 0.15) is 18.1 Å². The van der Waals surface area contributed by atoms with Crippen molar-refractivity contribution < 1.29 is 9.53 Å². The van der Waals surface area contributed by atoms with Crippen molar-refractivity contribution in [1.82, 2.24) is 14.9 Å². The fourth-order valence-corrected chi connectivity index (χ4v) is 2.18. The van der Waals surface area contributed by atoms with Crippen LogP contribution in [0.2, 0.25) is 0 Å². The van der Waals surface area contributed by atoms with Crippen molar-refractivity contribution in [3.63, 3.8) is 0 Å². The molecular weight excluding hydrogens is 278 g/mol. The number of aromatic nitrogens is 2. The molecule has 1 N–H and O–H groups in total. The van der Waals surface area contributed by atoms with E-state index in [-0.39, 0.29) is 11.3 Å². The molecule has 0 saturated carbocycles. The van der Waals surface area contributed by atoms with E-state index in [0.29, 0.717) is 18.8 Å². The quantitative estimate of drug-likeness (QED) is 0.924. The minimum atomic E-state index is -0.0924. The Morgan fingerprint density at radius 1 is 1.32 bits per heavy atom. The van der Waals surface area contributed by atoms with Crippen molar-refractivity contribution in [2.45, 2.75) is 26.2 Å². The molecule has 5 nitrogen and oxygen atoms in total. The zero-order chi connectivity index (χ0) is 16.2. The van der Waals surface area contributed by atoms with Crippen molar-refractivity contribution in [2.75, 3.05) is 20.2 Å². The Labute approximate surface area is 131 Å². The number of rotatable bonds is 5. The second kappa shape index (κ2) is 6.64. The Bertz CT molecular complexity index is 615. The van der Waals surface area contributed by atoms with Gasteiger partial charge in [0.2, 0.25) is 0 Å². The number of hydrogen-bond acceptors (Lipinski definition) is 3. The highest BCUT2D eigenvalue weighted by Crippen LogP contribution is 2.30. The van der Waals surface area contributed by atoms with Crippen molar-refractivity contribution in [3.05, 3.63) is 48.0 Å². The number of hydrogen-bond donors (Lipinski definition) is 1. The maximum Gasteiger partial charge on any atom is 0.271 e. The van der Waals surface area contributed by atoms with Crippen molar-refractivity contribution >= 4 is 5.91 Å². The molecule has 1 heterocycles. The summed E-state index contributed by atoms with van der Waals surface area (Å²) in [7, 11) is 1.75. The number of carbonyl (C=O) groups excluding carboxylic acids is 1. The van der Waals surface area contributed by atoms with E-state index in [4.69, 9.17) is 4.74 Å². The van der Waals surface area contributed by atoms with E-state index in [1.807, 2.05) is 18.2 Å². The smallest absolute Gasteiger partial charge is 0.271 e. The molecule has 2 aromatic rings. The maximum absolute atomic E-state index is 12.1. The van der Waals surface area contributed by atoms with Gasteiger partial charge in [-0.05, 0) is 17.0 Å². The lowest BCUT2D eigenvalue weighted by Crippen LogP contribution is -2.31. The van der Waals surface area contributed by atoms with Gasteiger partial charge in [0.05, 0.1) is 19.1 Å². The summed E-state index contributed by atoms with van der Waals surface area (Å²) >= 11 is 0. The largest absolute Gasteiger partial charge is 0.491 e. The van der Waals surface area contributed by atoms with Gasteiger partial charge in [0.15, 0.2) is 0 Å². The number of ether oxygens (including phenoxy) is 1. The average Bonchev–Trinajstić information content (AvgIpc) is 3.00. The summed E-state index contributed by atoms with van der Waals surface area (Å²) < 4.78 is 5.88. The molecule has 0 aliphatic carbocycles. The first-order valence-electron chi connectivity index (χ1n) is 7.36. The lowest BCUT2D eigenvalue weighted by molar-refractivity contribution is 0.0768. The van der Waals surface area contributed by atoms with Crippen molar-refractivity contribution in [2.24, 2.45) is 0 Å². The Kier molecular flexibility index (Phi) is 4.85. The maximum atomic E-state index is 12.1. The number of para-hydroxylation sites is 1. The molecule has 2 rings (SSSR count). The Morgan fingerprint density at radius 3 is 2.68 bits per heavy atom. The second-order valence-electron chi connectivity index (χ2n) is 6.29. The summed E-state index contributed by atoms with van der Waals surface area (Å²) in [4.78, 5) is 20.4. The SMILES string of the molecule is CN(CCOc1ccccc1C(C)(C)C)C(=O)c1cnc[nH]1. The van der Waals surface area contributed by atoms with Gasteiger partial charge in [-0.3, -0.25) is 4.79 Å². The van der Waals surface area contributed by atoms with Crippen LogP contribution < -0.4 is 4.74 Å². The number of carbonyl (C=O) groups is 1. The highest BCUT2D eigenvalue weighted by Gasteiger charge is 2.18. The van der Waals surface area contributed by atoms with Crippen molar-refractivity contribution in [1.29, 1.82) is 0 Å². The van der Waals surface area contributed by atoms with E-state index >= 15 is 0 Å². The minimum absolute atomic E-state index is 0.0221. The summed E-state index contributed by atoms with van der Waals surface area (Å²) in [6.07, 6.45) is 3.02. The summed E-state index contributed by atoms with van der Waals surface area (Å²) in [6, 6.07) is 8.03. The van der Waals surface area contributed by atoms with Crippen LogP contribution in [0.5, 0.6) is 5.75 Å². The summed E-state index contributed by atoms with van der Waals surface area (Å²) in [6.45, 7) is 7.43. The highest BCUT2D eigenvalue weighted by atomic mass is 16.5. The molecule has 1 amide bonds. The van der Waals surface area contributed by atoms with Gasteiger partial charge in [0.25, 0.3) is 5.91 Å². The van der Waals surface area contributed by atoms with Crippen molar-refractivity contribution in [3.8, 4) is 5.75 Å². The predicted molar refractivity (Wildman–Crippen MR) is 86.2 cm³/mol. The fraction of sp³-hybridized carbons (Fsp3) is 0.412. The molecule has 0 radical (unpaired) electrons. The van der Waals surface area contributed by atoms with Crippen LogP contribution in [0.3, 0.4) is 0 Å². The molecule has 0 fully saturated rings. The molecule has 1 aromatic carbocycles. The summed E-state index contributed by atoms with van der Waals surface area (Å²) in [5, 5.41) is 0. The Balaban J connectivity index is 1.93. The van der Waals surface area contributed by atoms with Gasteiger partial charge in [-0.25, -0.2) is 4.98 Å². The topological polar surface area (TPSA) is 58.2 Å². The Hall–Kier alpha value is -2.30. The minimum Gasteiger partial charge on any atom is -0.491 e. The van der Waals surface area contributed by atoms with Gasteiger partial charge in [0, 0.05) is 7.05 Å². The summed E-state index contributed by atoms with van der Waals surface area (Å²) in [5.74, 6) is 0.780. The number of H-pyrrole nitrogens is 1. The van der Waals surface area contributed by atoms with E-state index in [1.54, 1.807) is 11.9 Å². The number of benzene rings is 1. The first-order chi connectivity index (χ1) is 10.4. The third-order valence-corrected chi connectivity index (χ3v) is 3.45. The molecule has 0 spiro atoms.